The molecule has 1 saturated heterocycles. The third-order valence-corrected chi connectivity index (χ3v) is 5.73. The molecule has 2 heterocycles. The Morgan fingerprint density at radius 2 is 2.03 bits per heavy atom. The molecule has 162 valence electrons. The molecule has 1 aliphatic rings. The van der Waals surface area contributed by atoms with E-state index in [1.54, 1.807) is 29.2 Å². The van der Waals surface area contributed by atoms with Crippen molar-refractivity contribution >= 4 is 30.5 Å². The summed E-state index contributed by atoms with van der Waals surface area (Å²) in [5.41, 5.74) is 3.43. The molecule has 0 spiro atoms. The normalized spacial score (nSPS) is 14.7. The first-order valence-electron chi connectivity index (χ1n) is 10.1. The quantitative estimate of drug-likeness (QED) is 0.639. The molecule has 1 amide bonds. The van der Waals surface area contributed by atoms with Gasteiger partial charge in [0.2, 0.25) is 5.91 Å². The van der Waals surface area contributed by atoms with E-state index in [-0.39, 0.29) is 31.9 Å². The number of fused-ring (bicyclic) bond motifs is 1. The minimum absolute atomic E-state index is 0. The molecule has 1 aromatic heterocycles. The van der Waals surface area contributed by atoms with Gasteiger partial charge >= 0.3 is 5.76 Å². The fourth-order valence-electron chi connectivity index (χ4n) is 4.06. The Balaban J connectivity index is 0.00000272. The first-order chi connectivity index (χ1) is 14.5. The highest BCUT2D eigenvalue weighted by atomic mass is 32.1. The number of likely N-dealkylation sites (N-methyl/N-ethyl adjacent to an activating group) is 1. The van der Waals surface area contributed by atoms with Gasteiger partial charge in [0, 0.05) is 13.6 Å². The highest BCUT2D eigenvalue weighted by molar-refractivity contribution is 7.59. The Kier molecular flexibility index (Phi) is 7.21. The summed E-state index contributed by atoms with van der Waals surface area (Å²) in [7, 11) is 1.82. The van der Waals surface area contributed by atoms with E-state index in [1.165, 1.54) is 12.8 Å². The lowest BCUT2D eigenvalue weighted by Crippen LogP contribution is -2.39. The lowest BCUT2D eigenvalue weighted by molar-refractivity contribution is -0.131. The predicted molar refractivity (Wildman–Crippen MR) is 123 cm³/mol. The maximum absolute atomic E-state index is 13.1. The van der Waals surface area contributed by atoms with Gasteiger partial charge in [-0.3, -0.25) is 9.78 Å². The first kappa shape index (κ1) is 22.7. The van der Waals surface area contributed by atoms with Crippen LogP contribution in [0.1, 0.15) is 35.6 Å². The van der Waals surface area contributed by atoms with E-state index >= 15 is 0 Å². The molecular weight excluding hydrogens is 412 g/mol. The minimum atomic E-state index is -0.506. The lowest BCUT2D eigenvalue weighted by atomic mass is 10.0. The van der Waals surface area contributed by atoms with Gasteiger partial charge in [-0.1, -0.05) is 18.2 Å². The summed E-state index contributed by atoms with van der Waals surface area (Å²) >= 11 is 0. The number of benzene rings is 2. The molecular formula is C23H26N4O3S. The van der Waals surface area contributed by atoms with Crippen molar-refractivity contribution in [3.63, 3.8) is 0 Å². The molecule has 8 heteroatoms. The zero-order chi connectivity index (χ0) is 21.1. The van der Waals surface area contributed by atoms with Crippen molar-refractivity contribution in [3.8, 4) is 6.07 Å². The maximum Gasteiger partial charge on any atom is 0.417 e. The number of aromatic amines is 1. The van der Waals surface area contributed by atoms with Crippen LogP contribution in [0.5, 0.6) is 0 Å². The van der Waals surface area contributed by atoms with Crippen molar-refractivity contribution < 1.29 is 9.21 Å². The number of nitrogens with one attached hydrogen (secondary N) is 1. The van der Waals surface area contributed by atoms with Gasteiger partial charge in [-0.05, 0) is 61.3 Å². The highest BCUT2D eigenvalue weighted by Gasteiger charge is 2.26. The second-order valence-electron chi connectivity index (χ2n) is 7.79. The average molecular weight is 439 g/mol. The van der Waals surface area contributed by atoms with Crippen LogP contribution in [0.4, 0.5) is 0 Å². The van der Waals surface area contributed by atoms with Crippen LogP contribution in [0.2, 0.25) is 0 Å². The van der Waals surface area contributed by atoms with Gasteiger partial charge in [0.1, 0.15) is 0 Å². The van der Waals surface area contributed by atoms with Gasteiger partial charge in [0.05, 0.1) is 29.6 Å². The number of nitrogens with zero attached hydrogens (tertiary/aromatic N) is 3. The Bertz CT molecular complexity index is 1160. The third-order valence-electron chi connectivity index (χ3n) is 5.73. The molecule has 0 aliphatic carbocycles. The zero-order valence-electron chi connectivity index (χ0n) is 17.4. The molecule has 0 saturated carbocycles. The van der Waals surface area contributed by atoms with Crippen LogP contribution in [-0.4, -0.2) is 47.4 Å². The number of amides is 1. The monoisotopic (exact) mass is 438 g/mol. The number of oxazole rings is 1. The van der Waals surface area contributed by atoms with Crippen LogP contribution in [0.25, 0.3) is 11.1 Å². The SMILES string of the molecule is CN(C(=O)Cc1ccc2oc(=O)[nH]c2c1)[C@H](CN1CCCC1)c1cccc(C#N)c1.S. The Hall–Kier alpha value is -3.02. The molecule has 3 aromatic rings. The van der Waals surface area contributed by atoms with Crippen LogP contribution in [0, 0.1) is 11.3 Å². The Morgan fingerprint density at radius 3 is 2.77 bits per heavy atom. The number of hydrogen-bond donors (Lipinski definition) is 1. The molecule has 7 nitrogen and oxygen atoms in total. The van der Waals surface area contributed by atoms with Crippen molar-refractivity contribution in [2.75, 3.05) is 26.7 Å². The number of carbonyl (C=O) groups is 1. The highest BCUT2D eigenvalue weighted by Crippen LogP contribution is 2.25. The smallest absolute Gasteiger partial charge is 0.408 e. The molecule has 2 aromatic carbocycles. The van der Waals surface area contributed by atoms with Crippen molar-refractivity contribution in [2.24, 2.45) is 0 Å². The fourth-order valence-corrected chi connectivity index (χ4v) is 4.06. The van der Waals surface area contributed by atoms with E-state index in [0.29, 0.717) is 16.7 Å². The van der Waals surface area contributed by atoms with Crippen LogP contribution in [0.15, 0.2) is 51.7 Å². The summed E-state index contributed by atoms with van der Waals surface area (Å²) in [5, 5.41) is 9.29. The van der Waals surface area contributed by atoms with E-state index in [1.807, 2.05) is 25.2 Å². The lowest BCUT2D eigenvalue weighted by Gasteiger charge is -2.32. The van der Waals surface area contributed by atoms with Gasteiger partial charge in [-0.15, -0.1) is 0 Å². The van der Waals surface area contributed by atoms with Gasteiger partial charge in [-0.2, -0.15) is 18.8 Å². The number of aromatic nitrogens is 1. The van der Waals surface area contributed by atoms with E-state index in [0.717, 1.165) is 30.8 Å². The molecule has 1 N–H and O–H groups in total. The van der Waals surface area contributed by atoms with Gasteiger partial charge < -0.3 is 14.2 Å². The summed E-state index contributed by atoms with van der Waals surface area (Å²) in [6.45, 7) is 2.80. The number of rotatable bonds is 6. The van der Waals surface area contributed by atoms with Crippen LogP contribution >= 0.6 is 13.5 Å². The zero-order valence-corrected chi connectivity index (χ0v) is 18.4. The minimum Gasteiger partial charge on any atom is -0.408 e. The maximum atomic E-state index is 13.1. The van der Waals surface area contributed by atoms with Gasteiger partial charge in [0.25, 0.3) is 0 Å². The third kappa shape index (κ3) is 5.19. The summed E-state index contributed by atoms with van der Waals surface area (Å²) in [4.78, 5) is 31.3. The van der Waals surface area contributed by atoms with Gasteiger partial charge in [-0.25, -0.2) is 4.79 Å². The van der Waals surface area contributed by atoms with Crippen molar-refractivity contribution in [2.45, 2.75) is 25.3 Å². The van der Waals surface area contributed by atoms with E-state index < -0.39 is 5.76 Å². The van der Waals surface area contributed by atoms with E-state index in [2.05, 4.69) is 16.0 Å². The molecule has 1 fully saturated rings. The standard InChI is InChI=1S/C23H24N4O3.H2S/c1-26(22(28)13-16-7-8-21-19(12-16)25-23(29)30-21)20(15-27-9-2-3-10-27)18-6-4-5-17(11-18)14-24;/h4-8,11-12,20H,2-3,9-10,13,15H2,1H3,(H,25,29);1H2/t20-;/m1./s1. The van der Waals surface area contributed by atoms with Crippen LogP contribution in [-0.2, 0) is 11.2 Å². The molecule has 0 bridgehead atoms. The first-order valence-corrected chi connectivity index (χ1v) is 10.1. The molecule has 1 aliphatic heterocycles. The molecule has 4 rings (SSSR count). The largest absolute Gasteiger partial charge is 0.417 e. The summed E-state index contributed by atoms with van der Waals surface area (Å²) in [6.07, 6.45) is 2.56. The van der Waals surface area contributed by atoms with Gasteiger partial charge in [0.15, 0.2) is 5.58 Å². The second kappa shape index (κ2) is 9.86. The van der Waals surface area contributed by atoms with Crippen molar-refractivity contribution in [1.29, 1.82) is 5.26 Å². The number of nitriles is 1. The topological polar surface area (TPSA) is 93.3 Å². The van der Waals surface area contributed by atoms with Crippen LogP contribution < -0.4 is 5.76 Å². The molecule has 0 radical (unpaired) electrons. The summed E-state index contributed by atoms with van der Waals surface area (Å²) in [5.74, 6) is -0.527. The number of carbonyl (C=O) groups excluding carboxylic acids is 1. The fraction of sp³-hybridized carbons (Fsp3) is 0.348. The number of hydrogen-bond acceptors (Lipinski definition) is 5. The van der Waals surface area contributed by atoms with Crippen molar-refractivity contribution in [3.05, 3.63) is 69.7 Å². The van der Waals surface area contributed by atoms with E-state index in [9.17, 15) is 14.9 Å². The number of H-pyrrole nitrogens is 1. The summed E-state index contributed by atoms with van der Waals surface area (Å²) in [6, 6.07) is 14.8. The van der Waals surface area contributed by atoms with Crippen LogP contribution in [0.3, 0.4) is 0 Å². The summed E-state index contributed by atoms with van der Waals surface area (Å²) < 4.78 is 5.03. The Labute approximate surface area is 187 Å². The molecule has 0 unspecified atom stereocenters. The predicted octanol–water partition coefficient (Wildman–Crippen LogP) is 2.94. The second-order valence-corrected chi connectivity index (χ2v) is 7.79. The Morgan fingerprint density at radius 1 is 1.26 bits per heavy atom. The van der Waals surface area contributed by atoms with E-state index in [4.69, 9.17) is 4.42 Å². The average Bonchev–Trinajstić information content (AvgIpc) is 3.39. The molecule has 31 heavy (non-hydrogen) atoms. The molecule has 1 atom stereocenters. The van der Waals surface area contributed by atoms with Crippen molar-refractivity contribution in [1.82, 2.24) is 14.8 Å². The number of likely N-dealkylation sites (tertiary alicyclic amines) is 1.